The topological polar surface area (TPSA) is 31.6 Å². The Balaban J connectivity index is 1.80. The molecular formula is C30H28Br2Cl2N2. The molecule has 2 N–H and O–H groups in total. The van der Waals surface area contributed by atoms with Crippen LogP contribution in [0.1, 0.15) is 52.9 Å². The molecule has 6 heteroatoms. The number of halogens is 4. The van der Waals surface area contributed by atoms with Crippen molar-refractivity contribution in [2.75, 3.05) is 0 Å². The van der Waals surface area contributed by atoms with E-state index in [9.17, 15) is 0 Å². The van der Waals surface area contributed by atoms with Gasteiger partial charge in [-0.25, -0.2) is 0 Å². The monoisotopic (exact) mass is 644 g/mol. The van der Waals surface area contributed by atoms with Gasteiger partial charge in [0.15, 0.2) is 0 Å². The number of H-pyrrole nitrogens is 2. The lowest BCUT2D eigenvalue weighted by Crippen LogP contribution is -2.11. The lowest BCUT2D eigenvalue weighted by molar-refractivity contribution is 0.574. The van der Waals surface area contributed by atoms with Crippen LogP contribution in [0.25, 0.3) is 44.1 Å². The highest BCUT2D eigenvalue weighted by molar-refractivity contribution is 9.11. The highest BCUT2D eigenvalue weighted by Gasteiger charge is 2.23. The van der Waals surface area contributed by atoms with Crippen molar-refractivity contribution in [2.45, 2.75) is 52.4 Å². The Morgan fingerprint density at radius 1 is 0.583 bits per heavy atom. The molecule has 0 amide bonds. The van der Waals surface area contributed by atoms with E-state index in [0.717, 1.165) is 53.0 Å². The molecule has 0 atom stereocenters. The van der Waals surface area contributed by atoms with Crippen LogP contribution >= 0.6 is 55.1 Å². The second kappa shape index (κ2) is 8.94. The van der Waals surface area contributed by atoms with Crippen molar-refractivity contribution in [3.63, 3.8) is 0 Å². The molecule has 0 radical (unpaired) electrons. The van der Waals surface area contributed by atoms with Gasteiger partial charge in [0.2, 0.25) is 0 Å². The molecule has 2 aromatic heterocycles. The zero-order valence-corrected chi connectivity index (χ0v) is 25.8. The summed E-state index contributed by atoms with van der Waals surface area (Å²) in [5, 5.41) is 3.65. The molecule has 36 heavy (non-hydrogen) atoms. The molecule has 0 aliphatic carbocycles. The van der Waals surface area contributed by atoms with Gasteiger partial charge in [0.05, 0.1) is 21.1 Å². The van der Waals surface area contributed by atoms with Crippen LogP contribution in [0.15, 0.2) is 57.5 Å². The maximum atomic E-state index is 6.87. The Morgan fingerprint density at radius 2 is 0.972 bits per heavy atom. The molecule has 2 nitrogen and oxygen atoms in total. The highest BCUT2D eigenvalue weighted by atomic mass is 79.9. The predicted molar refractivity (Wildman–Crippen MR) is 164 cm³/mol. The van der Waals surface area contributed by atoms with E-state index in [1.165, 1.54) is 11.4 Å². The summed E-state index contributed by atoms with van der Waals surface area (Å²) in [5.74, 6) is 0. The number of rotatable bonds is 2. The quantitative estimate of drug-likeness (QED) is 0.191. The van der Waals surface area contributed by atoms with Crippen molar-refractivity contribution >= 4 is 76.9 Å². The van der Waals surface area contributed by atoms with Gasteiger partial charge in [0.25, 0.3) is 0 Å². The summed E-state index contributed by atoms with van der Waals surface area (Å²) in [6.45, 7) is 13.2. The molecule has 0 aliphatic heterocycles. The molecule has 5 rings (SSSR count). The number of fused-ring (bicyclic) bond motifs is 2. The normalized spacial score (nSPS) is 12.7. The van der Waals surface area contributed by atoms with Crippen LogP contribution in [-0.2, 0) is 10.8 Å². The van der Waals surface area contributed by atoms with Gasteiger partial charge in [0.1, 0.15) is 0 Å². The van der Waals surface area contributed by atoms with Crippen LogP contribution in [0, 0.1) is 0 Å². The van der Waals surface area contributed by atoms with Crippen LogP contribution in [0.3, 0.4) is 0 Å². The van der Waals surface area contributed by atoms with Crippen molar-refractivity contribution in [3.05, 3.63) is 78.9 Å². The van der Waals surface area contributed by atoms with E-state index in [1.54, 1.807) is 0 Å². The third kappa shape index (κ3) is 4.45. The van der Waals surface area contributed by atoms with E-state index in [4.69, 9.17) is 23.2 Å². The summed E-state index contributed by atoms with van der Waals surface area (Å²) in [7, 11) is 0. The smallest absolute Gasteiger partial charge is 0.0551 e. The maximum Gasteiger partial charge on any atom is 0.0551 e. The second-order valence-corrected chi connectivity index (χ2v) is 14.0. The lowest BCUT2D eigenvalue weighted by atomic mass is 9.92. The first kappa shape index (κ1) is 25.9. The van der Waals surface area contributed by atoms with Crippen molar-refractivity contribution in [1.82, 2.24) is 9.97 Å². The molecule has 0 saturated heterocycles. The Bertz CT molecular complexity index is 1530. The fourth-order valence-electron chi connectivity index (χ4n) is 4.62. The van der Waals surface area contributed by atoms with Crippen LogP contribution in [0.4, 0.5) is 0 Å². The van der Waals surface area contributed by atoms with Crippen molar-refractivity contribution < 1.29 is 0 Å². The number of hydrogen-bond donors (Lipinski definition) is 2. The summed E-state index contributed by atoms with van der Waals surface area (Å²) >= 11 is 21.4. The predicted octanol–water partition coefficient (Wildman–Crippen LogP) is 11.4. The molecule has 5 aromatic rings. The molecule has 186 valence electrons. The minimum atomic E-state index is -0.00752. The van der Waals surface area contributed by atoms with Crippen molar-refractivity contribution in [2.24, 2.45) is 0 Å². The molecule has 0 bridgehead atoms. The molecule has 2 heterocycles. The third-order valence-electron chi connectivity index (χ3n) is 6.70. The lowest BCUT2D eigenvalue weighted by Gasteiger charge is -2.17. The zero-order chi connectivity index (χ0) is 26.2. The fraction of sp³-hybridized carbons (Fsp3) is 0.267. The Hall–Kier alpha value is -1.72. The second-order valence-electron chi connectivity index (χ2n) is 11.5. The van der Waals surface area contributed by atoms with Gasteiger partial charge in [-0.2, -0.15) is 0 Å². The van der Waals surface area contributed by atoms with Crippen molar-refractivity contribution in [1.29, 1.82) is 0 Å². The SMILES string of the molecule is CC(C)(C)c1cc2ccc(Cl)c(-c3cc(-c4c(Cl)ccc5cc(C(C)(C)C)[nH]c45)c(Br)cc3Br)c2[nH]1. The summed E-state index contributed by atoms with van der Waals surface area (Å²) in [5.41, 5.74) is 8.32. The minimum absolute atomic E-state index is 0.00752. The van der Waals surface area contributed by atoms with Gasteiger partial charge in [-0.15, -0.1) is 0 Å². The van der Waals surface area contributed by atoms with E-state index in [0.29, 0.717) is 10.0 Å². The summed E-state index contributed by atoms with van der Waals surface area (Å²) in [4.78, 5) is 7.31. The minimum Gasteiger partial charge on any atom is -0.357 e. The average molecular weight is 647 g/mol. The van der Waals surface area contributed by atoms with E-state index in [1.807, 2.05) is 12.1 Å². The number of hydrogen-bond acceptors (Lipinski definition) is 0. The standard InChI is InChI=1S/C30H28Br2Cl2N2/c1-29(2,3)23-11-15-7-9-21(33)25(27(15)35-23)17-13-18(20(32)14-19(17)31)26-22(34)10-8-16-12-24(30(4,5)6)36-28(16)26/h7-14,35-36H,1-6H3. The van der Waals surface area contributed by atoms with Crippen LogP contribution in [-0.4, -0.2) is 9.97 Å². The highest BCUT2D eigenvalue weighted by Crippen LogP contribution is 2.46. The summed E-state index contributed by atoms with van der Waals surface area (Å²) in [6.07, 6.45) is 0. The van der Waals surface area contributed by atoms with E-state index in [-0.39, 0.29) is 10.8 Å². The van der Waals surface area contributed by atoms with Crippen LogP contribution in [0.5, 0.6) is 0 Å². The Kier molecular flexibility index (Phi) is 6.43. The number of aromatic nitrogens is 2. The van der Waals surface area contributed by atoms with Gasteiger partial charge in [-0.1, -0.05) is 109 Å². The summed E-state index contributed by atoms with van der Waals surface area (Å²) < 4.78 is 1.90. The zero-order valence-electron chi connectivity index (χ0n) is 21.1. The van der Waals surface area contributed by atoms with Gasteiger partial charge in [-0.05, 0) is 36.4 Å². The molecular weight excluding hydrogens is 619 g/mol. The molecule has 0 saturated carbocycles. The van der Waals surface area contributed by atoms with E-state index >= 15 is 0 Å². The average Bonchev–Trinajstić information content (AvgIpc) is 3.39. The largest absolute Gasteiger partial charge is 0.357 e. The number of benzene rings is 3. The van der Waals surface area contributed by atoms with Crippen molar-refractivity contribution in [3.8, 4) is 22.3 Å². The van der Waals surface area contributed by atoms with E-state index in [2.05, 4.69) is 120 Å². The molecule has 0 fully saturated rings. The Labute approximate surface area is 239 Å². The Morgan fingerprint density at radius 3 is 1.33 bits per heavy atom. The third-order valence-corrected chi connectivity index (χ3v) is 8.65. The first-order chi connectivity index (χ1) is 16.8. The fourth-order valence-corrected chi connectivity index (χ4v) is 6.52. The molecule has 0 unspecified atom stereocenters. The maximum absolute atomic E-state index is 6.87. The van der Waals surface area contributed by atoms with E-state index < -0.39 is 0 Å². The van der Waals surface area contributed by atoms with Gasteiger partial charge in [0, 0.05) is 64.2 Å². The van der Waals surface area contributed by atoms with Gasteiger partial charge >= 0.3 is 0 Å². The number of aromatic amines is 2. The van der Waals surface area contributed by atoms with Crippen LogP contribution in [0.2, 0.25) is 10.0 Å². The summed E-state index contributed by atoms with van der Waals surface area (Å²) in [6, 6.07) is 16.8. The molecule has 3 aromatic carbocycles. The van der Waals surface area contributed by atoms with Crippen LogP contribution < -0.4 is 0 Å². The van der Waals surface area contributed by atoms with Gasteiger partial charge in [-0.3, -0.25) is 0 Å². The first-order valence-corrected chi connectivity index (χ1v) is 14.2. The van der Waals surface area contributed by atoms with Gasteiger partial charge < -0.3 is 9.97 Å². The first-order valence-electron chi connectivity index (χ1n) is 11.9. The number of nitrogens with one attached hydrogen (secondary N) is 2. The molecule has 0 spiro atoms. The molecule has 0 aliphatic rings.